The predicted octanol–water partition coefficient (Wildman–Crippen LogP) is 6.23. The van der Waals surface area contributed by atoms with E-state index < -0.39 is 17.8 Å². The van der Waals surface area contributed by atoms with Gasteiger partial charge >= 0.3 is 5.69 Å². The number of pyridine rings is 2. The van der Waals surface area contributed by atoms with Gasteiger partial charge < -0.3 is 19.7 Å². The molecule has 3 saturated heterocycles. The molecule has 2 atom stereocenters. The van der Waals surface area contributed by atoms with Crippen molar-refractivity contribution in [3.05, 3.63) is 127 Å². The number of amides is 3. The minimum Gasteiger partial charge on any atom is -0.384 e. The van der Waals surface area contributed by atoms with Crippen molar-refractivity contribution < 1.29 is 23.2 Å². The number of piperidine rings is 2. The van der Waals surface area contributed by atoms with Crippen LogP contribution in [-0.4, -0.2) is 126 Å². The number of aromatic nitrogens is 5. The number of imide groups is 1. The first-order valence-electron chi connectivity index (χ1n) is 26.5. The van der Waals surface area contributed by atoms with Crippen molar-refractivity contribution in [3.63, 3.8) is 0 Å². The molecule has 386 valence electrons. The SMILES string of the molecule is Cc1cc(C(=O)N2CCC(CN3CCN(Cc4cc5c(cc4F)n([C@@H]4CCC(=O)NC4=O)c(=O)n5C4CC4)CC3)CC2)cc(F)c1C1=CCN([C@@H](C)c2cc3c(-n4ccc5c(c4=O)CCN5)ccnc3n2C)CC1. The quantitative estimate of drug-likeness (QED) is 0.143. The highest BCUT2D eigenvalue weighted by Crippen LogP contribution is 2.39. The molecule has 6 aromatic rings. The Labute approximate surface area is 427 Å². The number of piperazine rings is 1. The number of carbonyl (C=O) groups is 3. The third-order valence-corrected chi connectivity index (χ3v) is 16.9. The first kappa shape index (κ1) is 48.2. The van der Waals surface area contributed by atoms with Crippen molar-refractivity contribution in [1.29, 1.82) is 0 Å². The lowest BCUT2D eigenvalue weighted by atomic mass is 9.92. The third kappa shape index (κ3) is 8.67. The number of halogens is 2. The average molecular weight is 1010 g/mol. The monoisotopic (exact) mass is 1010 g/mol. The minimum absolute atomic E-state index is 0.00884. The fourth-order valence-electron chi connectivity index (χ4n) is 12.6. The van der Waals surface area contributed by atoms with Crippen LogP contribution in [0.4, 0.5) is 14.5 Å². The van der Waals surface area contributed by atoms with Gasteiger partial charge in [0.25, 0.3) is 11.5 Å². The Hall–Kier alpha value is -6.76. The van der Waals surface area contributed by atoms with E-state index in [0.717, 1.165) is 116 Å². The molecule has 5 aliphatic heterocycles. The smallest absolute Gasteiger partial charge is 0.330 e. The first-order chi connectivity index (χ1) is 35.8. The molecule has 2 N–H and O–H groups in total. The summed E-state index contributed by atoms with van der Waals surface area (Å²) in [4.78, 5) is 79.4. The van der Waals surface area contributed by atoms with Crippen LogP contribution in [0.15, 0.2) is 70.5 Å². The number of fused-ring (bicyclic) bond motifs is 3. The van der Waals surface area contributed by atoms with Gasteiger partial charge in [0, 0.05) is 155 Å². The fraction of sp³-hybridized carbons (Fsp3) is 0.464. The number of anilines is 1. The fourth-order valence-corrected chi connectivity index (χ4v) is 12.6. The number of imidazole rings is 1. The van der Waals surface area contributed by atoms with Gasteiger partial charge in [-0.3, -0.25) is 48.0 Å². The predicted molar refractivity (Wildman–Crippen MR) is 278 cm³/mol. The lowest BCUT2D eigenvalue weighted by Crippen LogP contribution is -2.48. The number of carbonyl (C=O) groups excluding carboxylic acids is 3. The summed E-state index contributed by atoms with van der Waals surface area (Å²) in [5.41, 5.74) is 8.26. The van der Waals surface area contributed by atoms with Crippen LogP contribution >= 0.6 is 0 Å². The zero-order valence-electron chi connectivity index (χ0n) is 42.3. The molecule has 4 aromatic heterocycles. The van der Waals surface area contributed by atoms with Crippen LogP contribution in [0.1, 0.15) is 108 Å². The Morgan fingerprint density at radius 1 is 0.838 bits per heavy atom. The lowest BCUT2D eigenvalue weighted by molar-refractivity contribution is -0.135. The standard InChI is InChI=1S/C56H63F2N11O5/c1-33-26-37(27-43(58)51(33)36-12-19-65(20-13-36)34(2)47-29-41-45(9-16-60-52(41)62(47)3)67-21-14-44-40(55(67)73)8-15-59-44)54(72)66-17-10-35(11-18-66)31-63-22-24-64(25-23-63)32-38-28-48-49(30-42(38)57)69(56(74)68(48)39-4-5-39)46-6-7-50(70)61-53(46)71/h9,12,14,16,21,26-30,34-35,39,46,59H,4-8,10-11,13,15,17-20,22-25,31-32H2,1-3H3,(H,61,70,71)/t34-,46+/m0/s1. The molecule has 18 heteroatoms. The molecule has 74 heavy (non-hydrogen) atoms. The topological polar surface area (TPSA) is 155 Å². The Morgan fingerprint density at radius 2 is 1.61 bits per heavy atom. The highest BCUT2D eigenvalue weighted by Gasteiger charge is 2.36. The molecule has 12 rings (SSSR count). The molecule has 6 aliphatic rings. The van der Waals surface area contributed by atoms with Crippen molar-refractivity contribution in [2.75, 3.05) is 70.8 Å². The second-order valence-electron chi connectivity index (χ2n) is 21.5. The maximum atomic E-state index is 16.2. The summed E-state index contributed by atoms with van der Waals surface area (Å²) in [5.74, 6) is -1.39. The molecule has 1 saturated carbocycles. The Kier molecular flexibility index (Phi) is 12.5. The third-order valence-electron chi connectivity index (χ3n) is 16.9. The molecule has 0 radical (unpaired) electrons. The zero-order chi connectivity index (χ0) is 51.1. The molecular weight excluding hydrogens is 945 g/mol. The Balaban J connectivity index is 0.639. The molecule has 16 nitrogen and oxygen atoms in total. The molecule has 0 bridgehead atoms. The molecule has 3 amide bonds. The summed E-state index contributed by atoms with van der Waals surface area (Å²) in [5, 5.41) is 6.54. The van der Waals surface area contributed by atoms with E-state index in [0.29, 0.717) is 72.7 Å². The molecular formula is C56H63F2N11O5. The van der Waals surface area contributed by atoms with Gasteiger partial charge in [-0.25, -0.2) is 18.6 Å². The van der Waals surface area contributed by atoms with E-state index in [1.54, 1.807) is 21.4 Å². The van der Waals surface area contributed by atoms with Crippen LogP contribution in [0.25, 0.3) is 33.3 Å². The number of likely N-dealkylation sites (tertiary alicyclic amines) is 1. The number of nitrogens with zero attached hydrogens (tertiary/aromatic N) is 9. The zero-order valence-corrected chi connectivity index (χ0v) is 42.3. The van der Waals surface area contributed by atoms with E-state index in [4.69, 9.17) is 4.98 Å². The number of hydrogen-bond donors (Lipinski definition) is 2. The maximum absolute atomic E-state index is 16.2. The van der Waals surface area contributed by atoms with Gasteiger partial charge in [-0.05, 0) is 112 Å². The second-order valence-corrected chi connectivity index (χ2v) is 21.5. The van der Waals surface area contributed by atoms with Crippen LogP contribution in [-0.2, 0) is 29.6 Å². The Bertz CT molecular complexity index is 3400. The molecule has 4 fully saturated rings. The summed E-state index contributed by atoms with van der Waals surface area (Å²) in [6.07, 6.45) is 10.8. The number of hydrogen-bond acceptors (Lipinski definition) is 10. The van der Waals surface area contributed by atoms with Gasteiger partial charge in [-0.15, -0.1) is 0 Å². The largest absolute Gasteiger partial charge is 0.384 e. The number of benzene rings is 2. The summed E-state index contributed by atoms with van der Waals surface area (Å²) in [6.45, 7) is 11.9. The summed E-state index contributed by atoms with van der Waals surface area (Å²) in [7, 11) is 2.01. The number of aryl methyl sites for hydroxylation is 2. The average Bonchev–Trinajstić information content (AvgIpc) is 3.89. The van der Waals surface area contributed by atoms with E-state index in [9.17, 15) is 24.0 Å². The van der Waals surface area contributed by atoms with Gasteiger partial charge in [0.1, 0.15) is 23.3 Å². The molecule has 0 unspecified atom stereocenters. The van der Waals surface area contributed by atoms with Crippen LogP contribution in [0, 0.1) is 24.5 Å². The van der Waals surface area contributed by atoms with Crippen LogP contribution in [0.5, 0.6) is 0 Å². The van der Waals surface area contributed by atoms with Crippen molar-refractivity contribution >= 4 is 51.0 Å². The van der Waals surface area contributed by atoms with Crippen molar-refractivity contribution in [1.82, 2.24) is 48.2 Å². The van der Waals surface area contributed by atoms with Crippen LogP contribution in [0.3, 0.4) is 0 Å². The summed E-state index contributed by atoms with van der Waals surface area (Å²) in [6, 6.07) is 11.6. The van der Waals surface area contributed by atoms with E-state index in [1.807, 2.05) is 43.3 Å². The van der Waals surface area contributed by atoms with Crippen LogP contribution in [0.2, 0.25) is 0 Å². The van der Waals surface area contributed by atoms with Crippen molar-refractivity contribution in [3.8, 4) is 5.69 Å². The van der Waals surface area contributed by atoms with Gasteiger partial charge in [0.15, 0.2) is 0 Å². The van der Waals surface area contributed by atoms with E-state index in [1.165, 1.54) is 16.7 Å². The maximum Gasteiger partial charge on any atom is 0.330 e. The van der Waals surface area contributed by atoms with Gasteiger partial charge in [0.05, 0.1) is 16.7 Å². The van der Waals surface area contributed by atoms with Gasteiger partial charge in [-0.2, -0.15) is 0 Å². The van der Waals surface area contributed by atoms with E-state index >= 15 is 8.78 Å². The van der Waals surface area contributed by atoms with E-state index in [-0.39, 0.29) is 53.8 Å². The highest BCUT2D eigenvalue weighted by molar-refractivity contribution is 6.00. The molecule has 0 spiro atoms. The number of nitrogens with one attached hydrogen (secondary N) is 2. The van der Waals surface area contributed by atoms with Gasteiger partial charge in [0.2, 0.25) is 11.8 Å². The molecule has 2 aromatic carbocycles. The summed E-state index contributed by atoms with van der Waals surface area (Å²) >= 11 is 0. The first-order valence-corrected chi connectivity index (χ1v) is 26.5. The van der Waals surface area contributed by atoms with Gasteiger partial charge in [-0.1, -0.05) is 6.08 Å². The van der Waals surface area contributed by atoms with Crippen molar-refractivity contribution in [2.24, 2.45) is 13.0 Å². The second kappa shape index (κ2) is 19.2. The lowest BCUT2D eigenvalue weighted by Gasteiger charge is -2.39. The van der Waals surface area contributed by atoms with Crippen molar-refractivity contribution in [2.45, 2.75) is 89.9 Å². The number of rotatable bonds is 11. The summed E-state index contributed by atoms with van der Waals surface area (Å²) < 4.78 is 39.0. The highest BCUT2D eigenvalue weighted by atomic mass is 19.1. The van der Waals surface area contributed by atoms with E-state index in [2.05, 4.69) is 49.0 Å². The minimum atomic E-state index is -0.857. The normalized spacial score (nSPS) is 20.8. The Morgan fingerprint density at radius 3 is 2.34 bits per heavy atom. The molecule has 9 heterocycles. The molecule has 1 aliphatic carbocycles. The van der Waals surface area contributed by atoms with Crippen LogP contribution < -0.4 is 21.9 Å².